The van der Waals surface area contributed by atoms with E-state index in [-0.39, 0.29) is 0 Å². The van der Waals surface area contributed by atoms with E-state index in [0.29, 0.717) is 0 Å². The van der Waals surface area contributed by atoms with E-state index in [9.17, 15) is 0 Å². The molecule has 1 aromatic carbocycles. The largest absolute Gasteiger partial charge is 0.252 e. The van der Waals surface area contributed by atoms with Gasteiger partial charge in [0, 0.05) is 23.5 Å². The number of benzene rings is 1. The summed E-state index contributed by atoms with van der Waals surface area (Å²) < 4.78 is 0. The number of nitrogens with zero attached hydrogens (tertiary/aromatic N) is 2. The molecule has 88 valence electrons. The fraction of sp³-hybridized carbons (Fsp3) is 0.250. The molecular formula is C16H14N2. The molecule has 1 aromatic heterocycles. The number of fused-ring (bicyclic) bond motifs is 6. The summed E-state index contributed by atoms with van der Waals surface area (Å²) in [5.74, 6) is 0. The first kappa shape index (κ1) is 10.0. The second kappa shape index (κ2) is 3.77. The average Bonchev–Trinajstić information content (AvgIpc) is 2.48. The molecule has 1 heterocycles. The molecule has 0 N–H and O–H groups in total. The molecule has 18 heavy (non-hydrogen) atoms. The van der Waals surface area contributed by atoms with Crippen molar-refractivity contribution in [3.05, 3.63) is 46.8 Å². The molecule has 0 saturated carbocycles. The highest BCUT2D eigenvalue weighted by Gasteiger charge is 2.20. The molecule has 0 radical (unpaired) electrons. The van der Waals surface area contributed by atoms with E-state index >= 15 is 0 Å². The maximum atomic E-state index is 4.55. The molecular weight excluding hydrogens is 220 g/mol. The average molecular weight is 234 g/mol. The predicted octanol–water partition coefficient (Wildman–Crippen LogP) is 3.55. The smallest absolute Gasteiger partial charge is 0.0968 e. The Hall–Kier alpha value is -1.96. The van der Waals surface area contributed by atoms with Crippen LogP contribution < -0.4 is 0 Å². The quantitative estimate of drug-likeness (QED) is 0.696. The van der Waals surface area contributed by atoms with Gasteiger partial charge in [-0.05, 0) is 36.8 Å². The van der Waals surface area contributed by atoms with Gasteiger partial charge in [0.15, 0.2) is 0 Å². The summed E-state index contributed by atoms with van der Waals surface area (Å²) in [5, 5.41) is 0. The monoisotopic (exact) mass is 234 g/mol. The Balaban J connectivity index is 2.21. The fourth-order valence-electron chi connectivity index (χ4n) is 3.13. The number of hydrogen-bond acceptors (Lipinski definition) is 2. The maximum Gasteiger partial charge on any atom is 0.0968 e. The van der Waals surface area contributed by atoms with E-state index in [0.717, 1.165) is 36.7 Å². The molecule has 2 aromatic rings. The summed E-state index contributed by atoms with van der Waals surface area (Å²) in [6.07, 6.45) is 17.1. The molecule has 2 heteroatoms. The molecule has 0 amide bonds. The SMILES string of the molecule is C1=Cc2c(c3c(c4nccnc24)C=CCC3)CC1. The number of rotatable bonds is 0. The minimum atomic E-state index is 1.06. The van der Waals surface area contributed by atoms with Gasteiger partial charge in [-0.2, -0.15) is 0 Å². The van der Waals surface area contributed by atoms with Crippen LogP contribution in [0, 0.1) is 0 Å². The molecule has 2 aliphatic carbocycles. The summed E-state index contributed by atoms with van der Waals surface area (Å²) in [7, 11) is 0. The zero-order chi connectivity index (χ0) is 11.9. The van der Waals surface area contributed by atoms with Gasteiger partial charge in [-0.1, -0.05) is 24.3 Å². The topological polar surface area (TPSA) is 25.8 Å². The van der Waals surface area contributed by atoms with E-state index in [2.05, 4.69) is 34.3 Å². The molecule has 0 spiro atoms. The van der Waals surface area contributed by atoms with E-state index in [1.807, 2.05) is 0 Å². The first-order chi connectivity index (χ1) is 8.95. The van der Waals surface area contributed by atoms with E-state index in [1.54, 1.807) is 12.4 Å². The third-order valence-corrected chi connectivity index (χ3v) is 3.91. The molecule has 0 unspecified atom stereocenters. The van der Waals surface area contributed by atoms with Crippen LogP contribution in [0.4, 0.5) is 0 Å². The fourth-order valence-corrected chi connectivity index (χ4v) is 3.13. The van der Waals surface area contributed by atoms with Gasteiger partial charge in [-0.3, -0.25) is 9.97 Å². The van der Waals surface area contributed by atoms with Crippen LogP contribution in [0.5, 0.6) is 0 Å². The van der Waals surface area contributed by atoms with Crippen LogP contribution in [-0.2, 0) is 12.8 Å². The van der Waals surface area contributed by atoms with Crippen molar-refractivity contribution in [1.29, 1.82) is 0 Å². The maximum absolute atomic E-state index is 4.55. The van der Waals surface area contributed by atoms with Crippen molar-refractivity contribution in [2.45, 2.75) is 25.7 Å². The molecule has 2 aliphatic rings. The summed E-state index contributed by atoms with van der Waals surface area (Å²) in [6, 6.07) is 0. The van der Waals surface area contributed by atoms with Gasteiger partial charge in [0.25, 0.3) is 0 Å². The normalized spacial score (nSPS) is 16.7. The Morgan fingerprint density at radius 2 is 1.22 bits per heavy atom. The highest BCUT2D eigenvalue weighted by molar-refractivity contribution is 5.94. The minimum Gasteiger partial charge on any atom is -0.252 e. The van der Waals surface area contributed by atoms with Gasteiger partial charge in [0.05, 0.1) is 11.0 Å². The molecule has 0 saturated heterocycles. The Kier molecular flexibility index (Phi) is 2.10. The summed E-state index contributed by atoms with van der Waals surface area (Å²) >= 11 is 0. The van der Waals surface area contributed by atoms with Crippen LogP contribution in [0.15, 0.2) is 24.5 Å². The second-order valence-corrected chi connectivity index (χ2v) is 4.92. The highest BCUT2D eigenvalue weighted by atomic mass is 14.8. The van der Waals surface area contributed by atoms with Gasteiger partial charge in [0.2, 0.25) is 0 Å². The zero-order valence-corrected chi connectivity index (χ0v) is 10.2. The van der Waals surface area contributed by atoms with Crippen LogP contribution in [0.2, 0.25) is 0 Å². The second-order valence-electron chi connectivity index (χ2n) is 4.92. The van der Waals surface area contributed by atoms with Crippen LogP contribution in [0.1, 0.15) is 35.1 Å². The van der Waals surface area contributed by atoms with Gasteiger partial charge in [0.1, 0.15) is 0 Å². The Morgan fingerprint density at radius 3 is 1.72 bits per heavy atom. The minimum absolute atomic E-state index is 1.06. The first-order valence-electron chi connectivity index (χ1n) is 6.56. The molecule has 0 aliphatic heterocycles. The highest BCUT2D eigenvalue weighted by Crippen LogP contribution is 2.35. The summed E-state index contributed by atoms with van der Waals surface area (Å²) in [5.41, 5.74) is 7.74. The lowest BCUT2D eigenvalue weighted by Crippen LogP contribution is -2.08. The Labute approximate surface area is 106 Å². The van der Waals surface area contributed by atoms with Crippen molar-refractivity contribution >= 4 is 23.2 Å². The molecule has 0 atom stereocenters. The van der Waals surface area contributed by atoms with E-state index in [1.165, 1.54) is 22.3 Å². The lowest BCUT2D eigenvalue weighted by molar-refractivity contribution is 0.908. The predicted molar refractivity (Wildman–Crippen MR) is 74.2 cm³/mol. The van der Waals surface area contributed by atoms with E-state index in [4.69, 9.17) is 0 Å². The van der Waals surface area contributed by atoms with Gasteiger partial charge in [-0.25, -0.2) is 0 Å². The Morgan fingerprint density at radius 1 is 0.722 bits per heavy atom. The lowest BCUT2D eigenvalue weighted by atomic mass is 9.84. The van der Waals surface area contributed by atoms with Crippen molar-refractivity contribution in [3.63, 3.8) is 0 Å². The first-order valence-corrected chi connectivity index (χ1v) is 6.56. The Bertz CT molecular complexity index is 635. The van der Waals surface area contributed by atoms with Crippen molar-refractivity contribution in [2.24, 2.45) is 0 Å². The molecule has 4 rings (SSSR count). The van der Waals surface area contributed by atoms with Crippen LogP contribution >= 0.6 is 0 Å². The molecule has 2 nitrogen and oxygen atoms in total. The van der Waals surface area contributed by atoms with E-state index < -0.39 is 0 Å². The van der Waals surface area contributed by atoms with Crippen molar-refractivity contribution in [3.8, 4) is 0 Å². The van der Waals surface area contributed by atoms with Crippen molar-refractivity contribution in [1.82, 2.24) is 9.97 Å². The van der Waals surface area contributed by atoms with Crippen LogP contribution in [0.3, 0.4) is 0 Å². The molecule has 0 fully saturated rings. The number of allylic oxidation sites excluding steroid dienone is 2. The third-order valence-electron chi connectivity index (χ3n) is 3.91. The van der Waals surface area contributed by atoms with Gasteiger partial charge >= 0.3 is 0 Å². The lowest BCUT2D eigenvalue weighted by Gasteiger charge is -2.22. The summed E-state index contributed by atoms with van der Waals surface area (Å²) in [4.78, 5) is 9.11. The summed E-state index contributed by atoms with van der Waals surface area (Å²) in [6.45, 7) is 0. The van der Waals surface area contributed by atoms with Crippen molar-refractivity contribution in [2.75, 3.05) is 0 Å². The zero-order valence-electron chi connectivity index (χ0n) is 10.2. The number of aromatic nitrogens is 2. The van der Waals surface area contributed by atoms with Crippen LogP contribution in [-0.4, -0.2) is 9.97 Å². The number of hydrogen-bond donors (Lipinski definition) is 0. The molecule has 0 bridgehead atoms. The van der Waals surface area contributed by atoms with Gasteiger partial charge in [-0.15, -0.1) is 0 Å². The van der Waals surface area contributed by atoms with Crippen molar-refractivity contribution < 1.29 is 0 Å². The van der Waals surface area contributed by atoms with Crippen LogP contribution in [0.25, 0.3) is 23.2 Å². The van der Waals surface area contributed by atoms with Gasteiger partial charge < -0.3 is 0 Å². The standard InChI is InChI=1S/C16H14N2/c1-3-7-13-11(5-1)12-6-2-4-8-14(12)16-15(13)17-9-10-18-16/h3-4,7-10H,1-2,5-6H2. The third kappa shape index (κ3) is 1.29.